The molecule has 0 aliphatic heterocycles. The van der Waals surface area contributed by atoms with E-state index in [1.54, 1.807) is 11.4 Å². The van der Waals surface area contributed by atoms with Crippen molar-refractivity contribution >= 4 is 33.0 Å². The summed E-state index contributed by atoms with van der Waals surface area (Å²) in [4.78, 5) is 12.7. The van der Waals surface area contributed by atoms with Gasteiger partial charge < -0.3 is 4.90 Å². The number of nitrogens with one attached hydrogen (secondary N) is 1. The van der Waals surface area contributed by atoms with Crippen LogP contribution >= 0.6 is 11.3 Å². The molecule has 0 atom stereocenters. The van der Waals surface area contributed by atoms with E-state index in [1.165, 1.54) is 13.0 Å². The highest BCUT2D eigenvalue weighted by molar-refractivity contribution is 7.91. The zero-order valence-corrected chi connectivity index (χ0v) is 13.8. The maximum atomic E-state index is 13.8. The van der Waals surface area contributed by atoms with E-state index in [9.17, 15) is 22.0 Å². The SMILES string of the molecule is CC(=O)N(CCNS(=O)(=O)c1cccs1)c1ccc(F)cc1F. The summed E-state index contributed by atoms with van der Waals surface area (Å²) in [7, 11) is -3.66. The minimum Gasteiger partial charge on any atom is -0.309 e. The Morgan fingerprint density at radius 1 is 1.30 bits per heavy atom. The van der Waals surface area contributed by atoms with Gasteiger partial charge in [-0.3, -0.25) is 4.79 Å². The molecule has 9 heteroatoms. The summed E-state index contributed by atoms with van der Waals surface area (Å²) >= 11 is 1.06. The monoisotopic (exact) mass is 360 g/mol. The first-order chi connectivity index (χ1) is 10.8. The van der Waals surface area contributed by atoms with Crippen molar-refractivity contribution in [3.05, 3.63) is 47.3 Å². The van der Waals surface area contributed by atoms with Gasteiger partial charge in [-0.25, -0.2) is 21.9 Å². The third-order valence-corrected chi connectivity index (χ3v) is 5.83. The molecule has 0 aliphatic rings. The Morgan fingerprint density at radius 3 is 2.61 bits per heavy atom. The lowest BCUT2D eigenvalue weighted by molar-refractivity contribution is -0.116. The van der Waals surface area contributed by atoms with Crippen molar-refractivity contribution in [3.8, 4) is 0 Å². The van der Waals surface area contributed by atoms with E-state index in [0.29, 0.717) is 6.07 Å². The summed E-state index contributed by atoms with van der Waals surface area (Å²) < 4.78 is 53.1. The Balaban J connectivity index is 2.08. The summed E-state index contributed by atoms with van der Waals surface area (Å²) in [6, 6.07) is 5.90. The molecule has 23 heavy (non-hydrogen) atoms. The van der Waals surface area contributed by atoms with Crippen LogP contribution in [-0.4, -0.2) is 27.4 Å². The standard InChI is InChI=1S/C14H14F2N2O3S2/c1-10(19)18(13-5-4-11(15)9-12(13)16)7-6-17-23(20,21)14-3-2-8-22-14/h2-5,8-9,17H,6-7H2,1H3. The van der Waals surface area contributed by atoms with Crippen molar-refractivity contribution in [1.29, 1.82) is 0 Å². The first-order valence-electron chi connectivity index (χ1n) is 6.57. The van der Waals surface area contributed by atoms with Crippen LogP contribution < -0.4 is 9.62 Å². The fourth-order valence-corrected chi connectivity index (χ4v) is 3.99. The van der Waals surface area contributed by atoms with E-state index in [0.717, 1.165) is 28.4 Å². The number of nitrogens with zero attached hydrogens (tertiary/aromatic N) is 1. The number of carbonyl (C=O) groups is 1. The molecule has 2 rings (SSSR count). The molecule has 0 saturated carbocycles. The van der Waals surface area contributed by atoms with Gasteiger partial charge in [0.25, 0.3) is 0 Å². The Bertz CT molecular complexity index is 792. The average Bonchev–Trinajstić information content (AvgIpc) is 2.99. The molecule has 124 valence electrons. The molecule has 5 nitrogen and oxygen atoms in total. The van der Waals surface area contributed by atoms with Crippen molar-refractivity contribution in [3.63, 3.8) is 0 Å². The van der Waals surface area contributed by atoms with E-state index in [-0.39, 0.29) is 23.0 Å². The molecule has 0 aliphatic carbocycles. The van der Waals surface area contributed by atoms with Gasteiger partial charge >= 0.3 is 0 Å². The first kappa shape index (κ1) is 17.5. The van der Waals surface area contributed by atoms with E-state index < -0.39 is 27.6 Å². The van der Waals surface area contributed by atoms with Crippen LogP contribution in [0.25, 0.3) is 0 Å². The third kappa shape index (κ3) is 4.34. The van der Waals surface area contributed by atoms with Gasteiger partial charge in [-0.1, -0.05) is 6.07 Å². The van der Waals surface area contributed by atoms with E-state index >= 15 is 0 Å². The van der Waals surface area contributed by atoms with Crippen LogP contribution in [0.5, 0.6) is 0 Å². The van der Waals surface area contributed by atoms with Crippen molar-refractivity contribution in [1.82, 2.24) is 4.72 Å². The van der Waals surface area contributed by atoms with Crippen molar-refractivity contribution in [2.45, 2.75) is 11.1 Å². The smallest absolute Gasteiger partial charge is 0.250 e. The lowest BCUT2D eigenvalue weighted by atomic mass is 10.2. The predicted molar refractivity (Wildman–Crippen MR) is 83.9 cm³/mol. The van der Waals surface area contributed by atoms with Crippen LogP contribution in [0.3, 0.4) is 0 Å². The Kier molecular flexibility index (Phi) is 5.45. The summed E-state index contributed by atoms with van der Waals surface area (Å²) in [5.41, 5.74) is -0.103. The Hall–Kier alpha value is -1.84. The number of sulfonamides is 1. The van der Waals surface area contributed by atoms with Crippen molar-refractivity contribution in [2.24, 2.45) is 0 Å². The van der Waals surface area contributed by atoms with Crippen LogP contribution in [0.1, 0.15) is 6.92 Å². The van der Waals surface area contributed by atoms with Gasteiger partial charge in [0, 0.05) is 26.1 Å². The van der Waals surface area contributed by atoms with Gasteiger partial charge in [-0.2, -0.15) is 0 Å². The van der Waals surface area contributed by atoms with Crippen LogP contribution in [0.2, 0.25) is 0 Å². The zero-order valence-electron chi connectivity index (χ0n) is 12.1. The number of halogens is 2. The number of benzene rings is 1. The summed E-state index contributed by atoms with van der Waals surface area (Å²) in [6.45, 7) is 1.04. The second-order valence-corrected chi connectivity index (χ2v) is 7.54. The summed E-state index contributed by atoms with van der Waals surface area (Å²) in [5, 5.41) is 1.63. The number of rotatable bonds is 6. The minimum atomic E-state index is -3.66. The van der Waals surface area contributed by atoms with E-state index in [4.69, 9.17) is 0 Å². The molecule has 0 unspecified atom stereocenters. The third-order valence-electron chi connectivity index (χ3n) is 2.97. The molecule has 2 aromatic rings. The topological polar surface area (TPSA) is 66.5 Å². The maximum absolute atomic E-state index is 13.8. The highest BCUT2D eigenvalue weighted by atomic mass is 32.2. The van der Waals surface area contributed by atoms with Crippen LogP contribution in [-0.2, 0) is 14.8 Å². The zero-order chi connectivity index (χ0) is 17.0. The second-order valence-electron chi connectivity index (χ2n) is 4.60. The van der Waals surface area contributed by atoms with Gasteiger partial charge in [0.05, 0.1) is 5.69 Å². The Labute approximate surface area is 136 Å². The fraction of sp³-hybridized carbons (Fsp3) is 0.214. The van der Waals surface area contributed by atoms with Crippen LogP contribution in [0, 0.1) is 11.6 Å². The highest BCUT2D eigenvalue weighted by Crippen LogP contribution is 2.20. The number of amides is 1. The molecule has 0 spiro atoms. The summed E-state index contributed by atoms with van der Waals surface area (Å²) in [6.07, 6.45) is 0. The lowest BCUT2D eigenvalue weighted by Gasteiger charge is -2.21. The number of anilines is 1. The maximum Gasteiger partial charge on any atom is 0.250 e. The quantitative estimate of drug-likeness (QED) is 0.860. The number of thiophene rings is 1. The van der Waals surface area contributed by atoms with Gasteiger partial charge in [-0.05, 0) is 23.6 Å². The normalized spacial score (nSPS) is 11.4. The second kappa shape index (κ2) is 7.16. The molecule has 1 N–H and O–H groups in total. The van der Waals surface area contributed by atoms with Gasteiger partial charge in [-0.15, -0.1) is 11.3 Å². The molecular weight excluding hydrogens is 346 g/mol. The van der Waals surface area contributed by atoms with Crippen LogP contribution in [0.4, 0.5) is 14.5 Å². The van der Waals surface area contributed by atoms with Gasteiger partial charge in [0.1, 0.15) is 15.8 Å². The van der Waals surface area contributed by atoms with Crippen molar-refractivity contribution in [2.75, 3.05) is 18.0 Å². The Morgan fingerprint density at radius 2 is 2.04 bits per heavy atom. The molecule has 1 aromatic heterocycles. The molecule has 0 fully saturated rings. The summed E-state index contributed by atoms with van der Waals surface area (Å²) in [5.74, 6) is -2.12. The largest absolute Gasteiger partial charge is 0.309 e. The fourth-order valence-electron chi connectivity index (χ4n) is 1.93. The minimum absolute atomic E-state index is 0.0809. The predicted octanol–water partition coefficient (Wildman–Crippen LogP) is 2.36. The average molecular weight is 360 g/mol. The van der Waals surface area contributed by atoms with E-state index in [1.807, 2.05) is 0 Å². The van der Waals surface area contributed by atoms with Crippen LogP contribution in [0.15, 0.2) is 39.9 Å². The van der Waals surface area contributed by atoms with Gasteiger partial charge in [0.2, 0.25) is 15.9 Å². The molecule has 0 saturated heterocycles. The van der Waals surface area contributed by atoms with Crippen molar-refractivity contribution < 1.29 is 22.0 Å². The lowest BCUT2D eigenvalue weighted by Crippen LogP contribution is -2.37. The number of carbonyl (C=O) groups excluding carboxylic acids is 1. The molecule has 1 heterocycles. The molecular formula is C14H14F2N2O3S2. The number of hydrogen-bond donors (Lipinski definition) is 1. The van der Waals surface area contributed by atoms with Gasteiger partial charge in [0.15, 0.2) is 0 Å². The first-order valence-corrected chi connectivity index (χ1v) is 8.94. The number of hydrogen-bond acceptors (Lipinski definition) is 4. The molecule has 1 amide bonds. The molecule has 1 aromatic carbocycles. The molecule has 0 bridgehead atoms. The van der Waals surface area contributed by atoms with E-state index in [2.05, 4.69) is 4.72 Å². The molecule has 0 radical (unpaired) electrons. The highest BCUT2D eigenvalue weighted by Gasteiger charge is 2.19.